The van der Waals surface area contributed by atoms with Crippen LogP contribution in [-0.2, 0) is 22.1 Å². The second-order valence-electron chi connectivity index (χ2n) is 8.53. The molecule has 0 fully saturated rings. The van der Waals surface area contributed by atoms with Crippen molar-refractivity contribution in [3.05, 3.63) is 46.1 Å². The first-order chi connectivity index (χ1) is 14.1. The van der Waals surface area contributed by atoms with Crippen LogP contribution in [-0.4, -0.2) is 40.4 Å². The summed E-state index contributed by atoms with van der Waals surface area (Å²) in [7, 11) is 1.84. The van der Waals surface area contributed by atoms with Crippen LogP contribution in [0.3, 0.4) is 0 Å². The molecule has 1 unspecified atom stereocenters. The molecule has 0 radical (unpaired) electrons. The minimum Gasteiger partial charge on any atom is -0.355 e. The Morgan fingerprint density at radius 2 is 1.97 bits per heavy atom. The molecule has 30 heavy (non-hydrogen) atoms. The fourth-order valence-electron chi connectivity index (χ4n) is 3.61. The van der Waals surface area contributed by atoms with E-state index in [4.69, 9.17) is 16.7 Å². The third kappa shape index (κ3) is 4.67. The molecule has 1 N–H and O–H groups in total. The van der Waals surface area contributed by atoms with Gasteiger partial charge in [0.2, 0.25) is 11.8 Å². The lowest BCUT2D eigenvalue weighted by Gasteiger charge is -2.24. The van der Waals surface area contributed by atoms with E-state index in [1.807, 2.05) is 38.2 Å². The number of halogens is 1. The first-order valence-corrected chi connectivity index (χ1v) is 11.6. The molecular formula is C22H29ClN4O2S. The van der Waals surface area contributed by atoms with Crippen LogP contribution in [0.2, 0.25) is 5.02 Å². The molecule has 2 aromatic rings. The van der Waals surface area contributed by atoms with E-state index in [-0.39, 0.29) is 34.8 Å². The normalized spacial score (nSPS) is 16.9. The maximum Gasteiger partial charge on any atom is 0.240 e. The number of fused-ring (bicyclic) bond motifs is 1. The summed E-state index contributed by atoms with van der Waals surface area (Å²) in [5, 5.41) is 8.27. The lowest BCUT2D eigenvalue weighted by Crippen LogP contribution is -2.42. The minimum absolute atomic E-state index is 0.0111. The molecule has 162 valence electrons. The number of carbonyl (C=O) groups excluding carboxylic acids is 2. The van der Waals surface area contributed by atoms with Crippen LogP contribution >= 0.6 is 23.4 Å². The zero-order valence-corrected chi connectivity index (χ0v) is 19.7. The molecular weight excluding hydrogens is 420 g/mol. The molecule has 8 heteroatoms. The van der Waals surface area contributed by atoms with Gasteiger partial charge in [-0.25, -0.2) is 0 Å². The number of hydrogen-bond acceptors (Lipinski definition) is 4. The molecule has 0 saturated carbocycles. The SMILES string of the molecule is CCCNC(=O)CN1C(=O)CSC(c2ccc(Cl)cc2)c2c(C(C)(C)C)nn(C)c21. The number of aryl methyl sites for hydroxylation is 1. The molecule has 1 aromatic heterocycles. The van der Waals surface area contributed by atoms with Gasteiger partial charge in [-0.05, 0) is 24.1 Å². The molecule has 2 amide bonds. The molecule has 0 saturated heterocycles. The number of aromatic nitrogens is 2. The van der Waals surface area contributed by atoms with Gasteiger partial charge in [0.1, 0.15) is 12.4 Å². The van der Waals surface area contributed by atoms with Gasteiger partial charge in [0.05, 0.1) is 16.7 Å². The number of carbonyl (C=O) groups is 2. The Labute approximate surface area is 187 Å². The quantitative estimate of drug-likeness (QED) is 0.748. The molecule has 0 aliphatic carbocycles. The summed E-state index contributed by atoms with van der Waals surface area (Å²) in [5.74, 6) is 0.728. The van der Waals surface area contributed by atoms with Gasteiger partial charge in [-0.1, -0.05) is 51.4 Å². The highest BCUT2D eigenvalue weighted by atomic mass is 35.5. The monoisotopic (exact) mass is 448 g/mol. The Balaban J connectivity index is 2.14. The number of nitrogens with zero attached hydrogens (tertiary/aromatic N) is 3. The van der Waals surface area contributed by atoms with Crippen molar-refractivity contribution >= 4 is 41.0 Å². The largest absolute Gasteiger partial charge is 0.355 e. The van der Waals surface area contributed by atoms with Crippen molar-refractivity contribution in [1.29, 1.82) is 0 Å². The van der Waals surface area contributed by atoms with Gasteiger partial charge in [-0.3, -0.25) is 19.2 Å². The van der Waals surface area contributed by atoms with Gasteiger partial charge < -0.3 is 5.32 Å². The Kier molecular flexibility index (Phi) is 6.82. The van der Waals surface area contributed by atoms with Crippen molar-refractivity contribution in [1.82, 2.24) is 15.1 Å². The Morgan fingerprint density at radius 1 is 1.30 bits per heavy atom. The van der Waals surface area contributed by atoms with Gasteiger partial charge in [0.15, 0.2) is 0 Å². The number of thioether (sulfide) groups is 1. The van der Waals surface area contributed by atoms with Gasteiger partial charge in [-0.15, -0.1) is 11.8 Å². The summed E-state index contributed by atoms with van der Waals surface area (Å²) >= 11 is 7.67. The molecule has 1 aliphatic heterocycles. The molecule has 0 bridgehead atoms. The van der Waals surface area contributed by atoms with Crippen LogP contribution in [0.15, 0.2) is 24.3 Å². The zero-order chi connectivity index (χ0) is 22.1. The smallest absolute Gasteiger partial charge is 0.240 e. The van der Waals surface area contributed by atoms with Crippen LogP contribution in [0, 0.1) is 0 Å². The van der Waals surface area contributed by atoms with E-state index in [1.54, 1.807) is 21.3 Å². The highest BCUT2D eigenvalue weighted by Crippen LogP contribution is 2.47. The molecule has 1 atom stereocenters. The molecule has 3 rings (SSSR count). The number of hydrogen-bond donors (Lipinski definition) is 1. The number of rotatable bonds is 5. The van der Waals surface area contributed by atoms with E-state index < -0.39 is 0 Å². The second-order valence-corrected chi connectivity index (χ2v) is 10.1. The zero-order valence-electron chi connectivity index (χ0n) is 18.2. The Bertz CT molecular complexity index is 934. The summed E-state index contributed by atoms with van der Waals surface area (Å²) < 4.78 is 1.75. The summed E-state index contributed by atoms with van der Waals surface area (Å²) in [6.07, 6.45) is 0.847. The fourth-order valence-corrected chi connectivity index (χ4v) is 4.93. The summed E-state index contributed by atoms with van der Waals surface area (Å²) in [6.45, 7) is 8.93. The third-order valence-electron chi connectivity index (χ3n) is 5.00. The number of anilines is 1. The maximum atomic E-state index is 13.1. The predicted molar refractivity (Wildman–Crippen MR) is 123 cm³/mol. The van der Waals surface area contributed by atoms with Crippen LogP contribution in [0.1, 0.15) is 56.2 Å². The van der Waals surface area contributed by atoms with Crippen molar-refractivity contribution in [3.8, 4) is 0 Å². The molecule has 2 heterocycles. The van der Waals surface area contributed by atoms with E-state index in [9.17, 15) is 9.59 Å². The van der Waals surface area contributed by atoms with Crippen LogP contribution in [0.5, 0.6) is 0 Å². The van der Waals surface area contributed by atoms with E-state index in [1.165, 1.54) is 0 Å². The van der Waals surface area contributed by atoms with Gasteiger partial charge >= 0.3 is 0 Å². The van der Waals surface area contributed by atoms with Crippen molar-refractivity contribution in [2.75, 3.05) is 23.7 Å². The highest BCUT2D eigenvalue weighted by molar-refractivity contribution is 8.00. The molecule has 1 aromatic carbocycles. The first-order valence-electron chi connectivity index (χ1n) is 10.1. The van der Waals surface area contributed by atoms with E-state index >= 15 is 0 Å². The average molecular weight is 449 g/mol. The molecule has 6 nitrogen and oxygen atoms in total. The fraction of sp³-hybridized carbons (Fsp3) is 0.500. The van der Waals surface area contributed by atoms with Gasteiger partial charge in [0.25, 0.3) is 0 Å². The van der Waals surface area contributed by atoms with Gasteiger partial charge in [0, 0.05) is 29.6 Å². The number of nitrogens with one attached hydrogen (secondary N) is 1. The summed E-state index contributed by atoms with van der Waals surface area (Å²) in [5.41, 5.74) is 2.77. The average Bonchev–Trinajstić information content (AvgIpc) is 2.96. The van der Waals surface area contributed by atoms with Crippen LogP contribution in [0.4, 0.5) is 5.82 Å². The Morgan fingerprint density at radius 3 is 2.57 bits per heavy atom. The molecule has 1 aliphatic rings. The number of benzene rings is 1. The molecule has 0 spiro atoms. The number of amides is 2. The predicted octanol–water partition coefficient (Wildman–Crippen LogP) is 4.07. The standard InChI is InChI=1S/C22H29ClN4O2S/c1-6-11-24-16(28)12-27-17(29)13-30-19(14-7-9-15(23)10-8-14)18-20(22(2,3)4)25-26(5)21(18)27/h7-10,19H,6,11-13H2,1-5H3,(H,24,28). The highest BCUT2D eigenvalue weighted by Gasteiger charge is 2.38. The Hall–Kier alpha value is -1.99. The second kappa shape index (κ2) is 9.02. The maximum absolute atomic E-state index is 13.1. The van der Waals surface area contributed by atoms with Crippen LogP contribution < -0.4 is 10.2 Å². The van der Waals surface area contributed by atoms with E-state index in [0.29, 0.717) is 17.4 Å². The minimum atomic E-state index is -0.222. The summed E-state index contributed by atoms with van der Waals surface area (Å²) in [6, 6.07) is 7.73. The third-order valence-corrected chi connectivity index (χ3v) is 6.51. The van der Waals surface area contributed by atoms with Crippen molar-refractivity contribution < 1.29 is 9.59 Å². The van der Waals surface area contributed by atoms with E-state index in [2.05, 4.69) is 26.1 Å². The first kappa shape index (κ1) is 22.7. The van der Waals surface area contributed by atoms with Crippen molar-refractivity contribution in [2.45, 2.75) is 44.8 Å². The van der Waals surface area contributed by atoms with Crippen molar-refractivity contribution in [3.63, 3.8) is 0 Å². The summed E-state index contributed by atoms with van der Waals surface area (Å²) in [4.78, 5) is 27.2. The topological polar surface area (TPSA) is 67.2 Å². The van der Waals surface area contributed by atoms with Crippen molar-refractivity contribution in [2.24, 2.45) is 7.05 Å². The lowest BCUT2D eigenvalue weighted by atomic mass is 9.87. The van der Waals surface area contributed by atoms with Crippen LogP contribution in [0.25, 0.3) is 0 Å². The van der Waals surface area contributed by atoms with Gasteiger partial charge in [-0.2, -0.15) is 5.10 Å². The lowest BCUT2D eigenvalue weighted by molar-refractivity contribution is -0.122. The van der Waals surface area contributed by atoms with E-state index in [0.717, 1.165) is 23.2 Å².